The van der Waals surface area contributed by atoms with Crippen LogP contribution in [0.25, 0.3) is 60.6 Å². The van der Waals surface area contributed by atoms with E-state index < -0.39 is 0 Å². The van der Waals surface area contributed by atoms with Crippen molar-refractivity contribution in [3.63, 3.8) is 0 Å². The van der Waals surface area contributed by atoms with E-state index in [2.05, 4.69) is 201 Å². The van der Waals surface area contributed by atoms with Gasteiger partial charge in [-0.3, -0.25) is 0 Å². The second-order valence-corrected chi connectivity index (χ2v) is 13.9. The van der Waals surface area contributed by atoms with Crippen molar-refractivity contribution < 1.29 is 0 Å². The molecule has 0 fully saturated rings. The van der Waals surface area contributed by atoms with E-state index in [0.717, 1.165) is 0 Å². The van der Waals surface area contributed by atoms with E-state index in [9.17, 15) is 0 Å². The monoisotopic (exact) mass is 663 g/mol. The number of fused-ring (bicyclic) bond motifs is 12. The van der Waals surface area contributed by atoms with Crippen LogP contribution in [0.3, 0.4) is 0 Å². The van der Waals surface area contributed by atoms with Gasteiger partial charge in [-0.05, 0) is 66.2 Å². The lowest BCUT2D eigenvalue weighted by Crippen LogP contribution is -2.43. The summed E-state index contributed by atoms with van der Waals surface area (Å²) in [6, 6.07) is 59.8. The maximum absolute atomic E-state index is 2.58. The van der Waals surface area contributed by atoms with Crippen LogP contribution in [0.2, 0.25) is 0 Å². The summed E-state index contributed by atoms with van der Waals surface area (Å²) in [4.78, 5) is 2.58. The summed E-state index contributed by atoms with van der Waals surface area (Å²) >= 11 is 0. The molecule has 4 heteroatoms. The van der Waals surface area contributed by atoms with Gasteiger partial charge in [0.25, 0.3) is 0 Å². The topological polar surface area (TPSA) is 16.1 Å². The highest BCUT2D eigenvalue weighted by Crippen LogP contribution is 2.55. The Balaban J connectivity index is 1.12. The van der Waals surface area contributed by atoms with Gasteiger partial charge in [-0.25, -0.2) is 0 Å². The number of hydrogen-bond donors (Lipinski definition) is 0. The van der Waals surface area contributed by atoms with E-state index in [1.807, 2.05) is 0 Å². The van der Waals surface area contributed by atoms with Crippen molar-refractivity contribution in [2.75, 3.05) is 4.90 Å². The van der Waals surface area contributed by atoms with Crippen LogP contribution in [-0.4, -0.2) is 20.9 Å². The van der Waals surface area contributed by atoms with Gasteiger partial charge < -0.3 is 14.0 Å². The number of rotatable bonds is 3. The van der Waals surface area contributed by atoms with Crippen LogP contribution in [0.1, 0.15) is 5.56 Å². The molecule has 9 aromatic rings. The Morgan fingerprint density at radius 3 is 1.88 bits per heavy atom. The third kappa shape index (κ3) is 3.58. The fraction of sp³-hybridized carbons (Fsp3) is 0.0208. The van der Waals surface area contributed by atoms with Crippen molar-refractivity contribution >= 4 is 77.6 Å². The largest absolute Gasteiger partial charge is 0.318 e. The molecule has 0 saturated heterocycles. The minimum absolute atomic E-state index is 0.0423. The molecule has 2 aromatic heterocycles. The number of allylic oxidation sites excluding steroid dienone is 2. The number of benzene rings is 7. The summed E-state index contributed by atoms with van der Waals surface area (Å²) in [5.74, 6) is 0. The zero-order valence-corrected chi connectivity index (χ0v) is 28.2. The Kier molecular flexibility index (Phi) is 5.53. The molecule has 4 heterocycles. The van der Waals surface area contributed by atoms with Crippen LogP contribution < -0.4 is 9.48 Å². The summed E-state index contributed by atoms with van der Waals surface area (Å²) in [6.07, 6.45) is 6.93. The van der Waals surface area contributed by atoms with Crippen LogP contribution >= 0.6 is 0 Å². The fourth-order valence-electron chi connectivity index (χ4n) is 9.33. The maximum Gasteiger partial charge on any atom is 0.235 e. The molecule has 1 atom stereocenters. The highest BCUT2D eigenvalue weighted by Gasteiger charge is 2.49. The van der Waals surface area contributed by atoms with E-state index in [0.29, 0.717) is 0 Å². The first-order valence-corrected chi connectivity index (χ1v) is 18.0. The van der Waals surface area contributed by atoms with Gasteiger partial charge in [-0.1, -0.05) is 97.1 Å². The van der Waals surface area contributed by atoms with Crippen molar-refractivity contribution in [3.05, 3.63) is 188 Å². The Bertz CT molecular complexity index is 3070. The first kappa shape index (κ1) is 27.9. The lowest BCUT2D eigenvalue weighted by Gasteiger charge is -2.32. The number of anilines is 2. The molecular formula is C48H31N4+. The fourth-order valence-corrected chi connectivity index (χ4v) is 9.33. The van der Waals surface area contributed by atoms with Gasteiger partial charge >= 0.3 is 0 Å². The van der Waals surface area contributed by atoms with Crippen LogP contribution in [0, 0.1) is 0 Å². The molecule has 1 unspecified atom stereocenters. The van der Waals surface area contributed by atoms with Gasteiger partial charge in [0.05, 0.1) is 27.8 Å². The van der Waals surface area contributed by atoms with E-state index in [4.69, 9.17) is 0 Å². The SMILES string of the molecule is C1=CC2=[N+](c3ccc4c(c3)c3ccccc3n4-c3ccccc3)c3ccccc3N3c4ccc5c(c4C(=C1)C23)c1ccccc1n5-c1ccccc1. The third-order valence-electron chi connectivity index (χ3n) is 11.3. The highest BCUT2D eigenvalue weighted by atomic mass is 15.3. The van der Waals surface area contributed by atoms with Crippen molar-refractivity contribution in [1.82, 2.24) is 13.7 Å². The minimum atomic E-state index is 0.0423. The molecule has 3 aliphatic rings. The molecule has 0 spiro atoms. The Morgan fingerprint density at radius 2 is 1.10 bits per heavy atom. The minimum Gasteiger partial charge on any atom is -0.318 e. The van der Waals surface area contributed by atoms with Crippen LogP contribution in [-0.2, 0) is 0 Å². The zero-order valence-electron chi connectivity index (χ0n) is 28.2. The number of para-hydroxylation sites is 6. The smallest absolute Gasteiger partial charge is 0.235 e. The van der Waals surface area contributed by atoms with Gasteiger partial charge in [0, 0.05) is 62.8 Å². The van der Waals surface area contributed by atoms with E-state index in [1.54, 1.807) is 0 Å². The average Bonchev–Trinajstić information content (AvgIpc) is 3.85. The number of nitrogens with zero attached hydrogens (tertiary/aromatic N) is 4. The molecule has 7 aromatic carbocycles. The Morgan fingerprint density at radius 1 is 0.481 bits per heavy atom. The summed E-state index contributed by atoms with van der Waals surface area (Å²) < 4.78 is 7.32. The first-order valence-electron chi connectivity index (χ1n) is 18.0. The quantitative estimate of drug-likeness (QED) is 0.172. The molecule has 4 nitrogen and oxygen atoms in total. The van der Waals surface area contributed by atoms with Crippen molar-refractivity contribution in [1.29, 1.82) is 0 Å². The van der Waals surface area contributed by atoms with Gasteiger partial charge in [0.1, 0.15) is 11.7 Å². The number of hydrogen-bond acceptors (Lipinski definition) is 1. The molecule has 0 radical (unpaired) electrons. The van der Waals surface area contributed by atoms with Gasteiger partial charge in [0.2, 0.25) is 17.1 Å². The molecule has 0 bridgehead atoms. The Labute approximate surface area is 300 Å². The van der Waals surface area contributed by atoms with Gasteiger partial charge in [0.15, 0.2) is 0 Å². The second kappa shape index (κ2) is 10.3. The molecule has 12 rings (SSSR count). The van der Waals surface area contributed by atoms with Gasteiger partial charge in [-0.15, -0.1) is 0 Å². The lowest BCUT2D eigenvalue weighted by atomic mass is 9.90. The number of aromatic nitrogens is 2. The van der Waals surface area contributed by atoms with Crippen LogP contribution in [0.5, 0.6) is 0 Å². The lowest BCUT2D eigenvalue weighted by molar-refractivity contribution is 0.932. The molecule has 52 heavy (non-hydrogen) atoms. The molecule has 0 N–H and O–H groups in total. The van der Waals surface area contributed by atoms with E-state index in [1.165, 1.54) is 94.6 Å². The van der Waals surface area contributed by atoms with Crippen molar-refractivity contribution in [2.45, 2.75) is 6.04 Å². The van der Waals surface area contributed by atoms with Gasteiger partial charge in [-0.2, -0.15) is 4.58 Å². The highest BCUT2D eigenvalue weighted by molar-refractivity contribution is 6.26. The molecule has 1 aliphatic carbocycles. The second-order valence-electron chi connectivity index (χ2n) is 13.9. The third-order valence-corrected chi connectivity index (χ3v) is 11.3. The zero-order chi connectivity index (χ0) is 33.9. The first-order chi connectivity index (χ1) is 25.8. The summed E-state index contributed by atoms with van der Waals surface area (Å²) in [6.45, 7) is 0. The van der Waals surface area contributed by atoms with Crippen LogP contribution in [0.15, 0.2) is 182 Å². The maximum atomic E-state index is 2.58. The Hall–Kier alpha value is -6.91. The summed E-state index contributed by atoms with van der Waals surface area (Å²) in [5, 5.41) is 5.09. The molecule has 242 valence electrons. The van der Waals surface area contributed by atoms with E-state index >= 15 is 0 Å². The molecule has 2 aliphatic heterocycles. The molecule has 0 saturated carbocycles. The average molecular weight is 664 g/mol. The summed E-state index contributed by atoms with van der Waals surface area (Å²) in [7, 11) is 0. The molecule has 0 amide bonds. The normalized spacial score (nSPS) is 15.8. The standard InChI is InChI=1S/C48H31N4/c1-3-14-31(15-4-1)49-38-21-9-7-18-34(38)37-30-33(26-27-40(37)49)51-41-23-11-12-24-42(41)52-44-29-28-43-46(47(44)36-20-13-25-45(51)48(36)52)35-19-8-10-22-39(35)50(43)32-16-5-2-6-17-32/h1-30,48H/q+1. The summed E-state index contributed by atoms with van der Waals surface area (Å²) in [5.41, 5.74) is 16.0. The predicted molar refractivity (Wildman–Crippen MR) is 218 cm³/mol. The van der Waals surface area contributed by atoms with Crippen molar-refractivity contribution in [3.8, 4) is 11.4 Å². The van der Waals surface area contributed by atoms with Crippen molar-refractivity contribution in [2.24, 2.45) is 0 Å². The van der Waals surface area contributed by atoms with Crippen LogP contribution in [0.4, 0.5) is 22.7 Å². The predicted octanol–water partition coefficient (Wildman–Crippen LogP) is 11.6. The molecular weight excluding hydrogens is 633 g/mol. The van der Waals surface area contributed by atoms with E-state index in [-0.39, 0.29) is 6.04 Å².